The molecule has 0 spiro atoms. The highest BCUT2D eigenvalue weighted by Crippen LogP contribution is 2.34. The van der Waals surface area contributed by atoms with Crippen LogP contribution in [0.5, 0.6) is 11.5 Å². The zero-order valence-corrected chi connectivity index (χ0v) is 19.0. The third kappa shape index (κ3) is 6.71. The topological polar surface area (TPSA) is 43.0 Å². The molecule has 0 aromatic heterocycles. The molecular formula is C23H31BrN2O3. The molecule has 158 valence electrons. The van der Waals surface area contributed by atoms with Gasteiger partial charge in [0.05, 0.1) is 19.8 Å². The van der Waals surface area contributed by atoms with Crippen LogP contribution in [0.2, 0.25) is 0 Å². The van der Waals surface area contributed by atoms with Gasteiger partial charge in [-0.25, -0.2) is 0 Å². The molecule has 0 saturated carbocycles. The fraction of sp³-hybridized carbons (Fsp3) is 0.478. The normalized spacial score (nSPS) is 14.7. The van der Waals surface area contributed by atoms with Crippen LogP contribution in [0.3, 0.4) is 0 Å². The van der Waals surface area contributed by atoms with Gasteiger partial charge in [-0.2, -0.15) is 0 Å². The Morgan fingerprint density at radius 1 is 1.07 bits per heavy atom. The minimum atomic E-state index is 0.524. The van der Waals surface area contributed by atoms with Crippen molar-refractivity contribution in [3.05, 3.63) is 57.6 Å². The quantitative estimate of drug-likeness (QED) is 0.537. The van der Waals surface area contributed by atoms with E-state index in [-0.39, 0.29) is 0 Å². The lowest BCUT2D eigenvalue weighted by molar-refractivity contribution is 0.0384. The van der Waals surface area contributed by atoms with E-state index in [2.05, 4.69) is 51.3 Å². The number of benzene rings is 2. The minimum absolute atomic E-state index is 0.524. The lowest BCUT2D eigenvalue weighted by atomic mass is 10.1. The largest absolute Gasteiger partial charge is 0.490 e. The predicted octanol–water partition coefficient (Wildman–Crippen LogP) is 4.16. The van der Waals surface area contributed by atoms with Crippen LogP contribution in [0.15, 0.2) is 40.9 Å². The van der Waals surface area contributed by atoms with Crippen molar-refractivity contribution >= 4 is 15.9 Å². The maximum absolute atomic E-state index is 6.10. The maximum Gasteiger partial charge on any atom is 0.162 e. The lowest BCUT2D eigenvalue weighted by Gasteiger charge is -2.26. The van der Waals surface area contributed by atoms with Gasteiger partial charge in [-0.1, -0.05) is 40.2 Å². The molecule has 1 saturated heterocycles. The van der Waals surface area contributed by atoms with Crippen molar-refractivity contribution in [1.82, 2.24) is 10.2 Å². The summed E-state index contributed by atoms with van der Waals surface area (Å²) in [6.07, 6.45) is 0. The predicted molar refractivity (Wildman–Crippen MR) is 120 cm³/mol. The first-order chi connectivity index (χ1) is 14.2. The van der Waals surface area contributed by atoms with Crippen molar-refractivity contribution in [2.24, 2.45) is 0 Å². The van der Waals surface area contributed by atoms with Crippen LogP contribution in [0.4, 0.5) is 0 Å². The Morgan fingerprint density at radius 3 is 2.59 bits per heavy atom. The molecule has 1 heterocycles. The van der Waals surface area contributed by atoms with Crippen LogP contribution >= 0.6 is 15.9 Å². The zero-order chi connectivity index (χ0) is 20.5. The second kappa shape index (κ2) is 11.6. The number of hydrogen-bond acceptors (Lipinski definition) is 5. The first-order valence-electron chi connectivity index (χ1n) is 10.3. The Morgan fingerprint density at radius 2 is 1.83 bits per heavy atom. The van der Waals surface area contributed by atoms with Crippen molar-refractivity contribution in [1.29, 1.82) is 0 Å². The van der Waals surface area contributed by atoms with Gasteiger partial charge in [0.25, 0.3) is 0 Å². The molecule has 0 atom stereocenters. The smallest absolute Gasteiger partial charge is 0.162 e. The highest BCUT2D eigenvalue weighted by molar-refractivity contribution is 9.10. The summed E-state index contributed by atoms with van der Waals surface area (Å²) in [5, 5.41) is 3.54. The molecule has 5 nitrogen and oxygen atoms in total. The molecule has 2 aromatic rings. The first kappa shape index (κ1) is 22.1. The molecule has 6 heteroatoms. The van der Waals surface area contributed by atoms with Crippen LogP contribution in [-0.2, 0) is 17.9 Å². The second-order valence-corrected chi connectivity index (χ2v) is 8.02. The Bertz CT molecular complexity index is 779. The van der Waals surface area contributed by atoms with Crippen molar-refractivity contribution in [2.45, 2.75) is 27.0 Å². The van der Waals surface area contributed by atoms with Gasteiger partial charge < -0.3 is 19.5 Å². The van der Waals surface area contributed by atoms with Gasteiger partial charge >= 0.3 is 0 Å². The molecule has 0 unspecified atom stereocenters. The van der Waals surface area contributed by atoms with E-state index >= 15 is 0 Å². The number of nitrogens with one attached hydrogen (secondary N) is 1. The van der Waals surface area contributed by atoms with Crippen LogP contribution in [0.25, 0.3) is 0 Å². The van der Waals surface area contributed by atoms with E-state index in [1.54, 1.807) is 0 Å². The standard InChI is InChI=1S/C23H31BrN2O3/c1-3-28-22-14-20(16-25-8-9-26-10-12-27-13-11-26)21(24)15-23(22)29-17-19-7-5-4-6-18(19)2/h4-7,14-15,25H,3,8-13,16-17H2,1-2H3. The number of hydrogen-bond donors (Lipinski definition) is 1. The number of halogens is 1. The summed E-state index contributed by atoms with van der Waals surface area (Å²) >= 11 is 3.70. The van der Waals surface area contributed by atoms with Crippen molar-refractivity contribution < 1.29 is 14.2 Å². The van der Waals surface area contributed by atoms with Gasteiger partial charge in [-0.15, -0.1) is 0 Å². The summed E-state index contributed by atoms with van der Waals surface area (Å²) in [6, 6.07) is 12.4. The van der Waals surface area contributed by atoms with Crippen LogP contribution in [0, 0.1) is 6.92 Å². The molecule has 1 aliphatic rings. The van der Waals surface area contributed by atoms with E-state index in [4.69, 9.17) is 14.2 Å². The first-order valence-corrected chi connectivity index (χ1v) is 11.1. The molecule has 3 rings (SSSR count). The number of nitrogens with zero attached hydrogens (tertiary/aromatic N) is 1. The maximum atomic E-state index is 6.10. The molecule has 1 aliphatic heterocycles. The molecule has 29 heavy (non-hydrogen) atoms. The number of aryl methyl sites for hydroxylation is 1. The Kier molecular flexibility index (Phi) is 8.80. The van der Waals surface area contributed by atoms with Gasteiger partial charge in [-0.05, 0) is 42.7 Å². The SMILES string of the molecule is CCOc1cc(CNCCN2CCOCC2)c(Br)cc1OCc1ccccc1C. The molecule has 0 amide bonds. The zero-order valence-electron chi connectivity index (χ0n) is 17.4. The minimum Gasteiger partial charge on any atom is -0.490 e. The molecular weight excluding hydrogens is 432 g/mol. The Balaban J connectivity index is 1.58. The molecule has 1 N–H and O–H groups in total. The second-order valence-electron chi connectivity index (χ2n) is 7.17. The van der Waals surface area contributed by atoms with Crippen LogP contribution in [0.1, 0.15) is 23.6 Å². The molecule has 0 bridgehead atoms. The van der Waals surface area contributed by atoms with Gasteiger partial charge in [0, 0.05) is 37.2 Å². The molecule has 2 aromatic carbocycles. The lowest BCUT2D eigenvalue weighted by Crippen LogP contribution is -2.40. The summed E-state index contributed by atoms with van der Waals surface area (Å²) in [4.78, 5) is 2.43. The van der Waals surface area contributed by atoms with Crippen LogP contribution < -0.4 is 14.8 Å². The highest BCUT2D eigenvalue weighted by Gasteiger charge is 2.13. The third-order valence-corrected chi connectivity index (χ3v) is 5.82. The summed E-state index contributed by atoms with van der Waals surface area (Å²) in [5.74, 6) is 1.55. The van der Waals surface area contributed by atoms with E-state index < -0.39 is 0 Å². The average Bonchev–Trinajstić information content (AvgIpc) is 2.74. The summed E-state index contributed by atoms with van der Waals surface area (Å²) in [7, 11) is 0. The fourth-order valence-corrected chi connectivity index (χ4v) is 3.77. The molecule has 0 radical (unpaired) electrons. The van der Waals surface area contributed by atoms with Crippen molar-refractivity contribution in [3.63, 3.8) is 0 Å². The van der Waals surface area contributed by atoms with Gasteiger partial charge in [0.1, 0.15) is 6.61 Å². The number of ether oxygens (including phenoxy) is 3. The van der Waals surface area contributed by atoms with E-state index in [1.807, 2.05) is 25.1 Å². The van der Waals surface area contributed by atoms with Crippen LogP contribution in [-0.4, -0.2) is 50.9 Å². The van der Waals surface area contributed by atoms with Crippen molar-refractivity contribution in [2.75, 3.05) is 46.0 Å². The van der Waals surface area contributed by atoms with E-state index in [1.165, 1.54) is 16.7 Å². The third-order valence-electron chi connectivity index (χ3n) is 5.08. The van der Waals surface area contributed by atoms with Gasteiger partial charge in [-0.3, -0.25) is 4.90 Å². The van der Waals surface area contributed by atoms with E-state index in [0.717, 1.165) is 61.9 Å². The summed E-state index contributed by atoms with van der Waals surface area (Å²) < 4.78 is 18.4. The summed E-state index contributed by atoms with van der Waals surface area (Å²) in [5.41, 5.74) is 3.57. The average molecular weight is 463 g/mol. The number of rotatable bonds is 10. The summed E-state index contributed by atoms with van der Waals surface area (Å²) in [6.45, 7) is 11.7. The van der Waals surface area contributed by atoms with Crippen molar-refractivity contribution in [3.8, 4) is 11.5 Å². The Hall–Kier alpha value is -1.60. The Labute approximate surface area is 182 Å². The van der Waals surface area contributed by atoms with Gasteiger partial charge in [0.15, 0.2) is 11.5 Å². The highest BCUT2D eigenvalue weighted by atomic mass is 79.9. The van der Waals surface area contributed by atoms with E-state index in [0.29, 0.717) is 13.2 Å². The molecule has 0 aliphatic carbocycles. The monoisotopic (exact) mass is 462 g/mol. The molecule has 1 fully saturated rings. The number of morpholine rings is 1. The van der Waals surface area contributed by atoms with E-state index in [9.17, 15) is 0 Å². The fourth-order valence-electron chi connectivity index (χ4n) is 3.31. The van der Waals surface area contributed by atoms with Gasteiger partial charge in [0.2, 0.25) is 0 Å².